The van der Waals surface area contributed by atoms with Crippen molar-refractivity contribution in [3.63, 3.8) is 0 Å². The van der Waals surface area contributed by atoms with E-state index in [0.29, 0.717) is 29.2 Å². The first-order valence-corrected chi connectivity index (χ1v) is 13.2. The van der Waals surface area contributed by atoms with Crippen LogP contribution < -0.4 is 25.0 Å². The van der Waals surface area contributed by atoms with Crippen molar-refractivity contribution in [3.8, 4) is 11.5 Å². The van der Waals surface area contributed by atoms with Gasteiger partial charge in [0.1, 0.15) is 39.5 Å². The van der Waals surface area contributed by atoms with Crippen molar-refractivity contribution < 1.29 is 14.3 Å². The number of anilines is 4. The zero-order valence-electron chi connectivity index (χ0n) is 21.9. The van der Waals surface area contributed by atoms with Crippen molar-refractivity contribution in [3.05, 3.63) is 58.3 Å². The van der Waals surface area contributed by atoms with Crippen LogP contribution >= 0.6 is 23.2 Å². The molecule has 0 radical (unpaired) electrons. The normalized spacial score (nSPS) is 15.6. The molecule has 1 atom stereocenters. The van der Waals surface area contributed by atoms with Gasteiger partial charge in [0.2, 0.25) is 0 Å². The molecular formula is C27H32Cl2N6O3. The Balaban J connectivity index is 1.47. The van der Waals surface area contributed by atoms with Gasteiger partial charge in [-0.1, -0.05) is 48.7 Å². The molecule has 202 valence electrons. The first-order chi connectivity index (χ1) is 18.4. The first kappa shape index (κ1) is 27.8. The molecule has 1 unspecified atom stereocenters. The number of methoxy groups -OCH3 is 2. The van der Waals surface area contributed by atoms with E-state index in [9.17, 15) is 4.79 Å². The van der Waals surface area contributed by atoms with Crippen molar-refractivity contribution in [2.75, 3.05) is 49.9 Å². The van der Waals surface area contributed by atoms with Crippen LogP contribution in [0.2, 0.25) is 10.0 Å². The van der Waals surface area contributed by atoms with Crippen molar-refractivity contribution in [1.29, 1.82) is 0 Å². The van der Waals surface area contributed by atoms with E-state index in [2.05, 4.69) is 56.7 Å². The van der Waals surface area contributed by atoms with Gasteiger partial charge >= 0.3 is 6.03 Å². The Bertz CT molecular complexity index is 1250. The van der Waals surface area contributed by atoms with Gasteiger partial charge in [0.15, 0.2) is 0 Å². The first-order valence-electron chi connectivity index (χ1n) is 12.4. The van der Waals surface area contributed by atoms with Crippen molar-refractivity contribution in [1.82, 2.24) is 14.9 Å². The van der Waals surface area contributed by atoms with Gasteiger partial charge in [-0.05, 0) is 43.6 Å². The Morgan fingerprint density at radius 3 is 2.39 bits per heavy atom. The van der Waals surface area contributed by atoms with E-state index in [4.69, 9.17) is 32.7 Å². The summed E-state index contributed by atoms with van der Waals surface area (Å²) in [5.74, 6) is 1.56. The van der Waals surface area contributed by atoms with E-state index in [-0.39, 0.29) is 15.7 Å². The summed E-state index contributed by atoms with van der Waals surface area (Å²) in [6, 6.07) is 11.6. The molecule has 1 aliphatic heterocycles. The molecule has 0 saturated carbocycles. The summed E-state index contributed by atoms with van der Waals surface area (Å²) in [6.07, 6.45) is 5.10. The maximum atomic E-state index is 13.1. The number of piperidine rings is 1. The van der Waals surface area contributed by atoms with Crippen LogP contribution in [0.3, 0.4) is 0 Å². The van der Waals surface area contributed by atoms with Gasteiger partial charge in [-0.3, -0.25) is 9.80 Å². The minimum absolute atomic E-state index is 0.156. The molecule has 4 rings (SSSR count). The number of ether oxygens (including phenoxy) is 2. The van der Waals surface area contributed by atoms with Gasteiger partial charge in [-0.2, -0.15) is 0 Å². The third-order valence-corrected chi connectivity index (χ3v) is 7.44. The van der Waals surface area contributed by atoms with E-state index < -0.39 is 6.03 Å². The van der Waals surface area contributed by atoms with Crippen LogP contribution in [0.4, 0.5) is 27.8 Å². The van der Waals surface area contributed by atoms with E-state index >= 15 is 0 Å². The summed E-state index contributed by atoms with van der Waals surface area (Å²) in [7, 11) is 4.51. The SMILES string of the molecule is CCN1CCCCC1c1ccc(Nc2cc(N(C)C(=O)Nc3c(Cl)c(OC)cc(OC)c3Cl)ncn2)cc1. The molecule has 3 aromatic rings. The van der Waals surface area contributed by atoms with Gasteiger partial charge in [0.05, 0.1) is 19.9 Å². The fraction of sp³-hybridized carbons (Fsp3) is 0.370. The highest BCUT2D eigenvalue weighted by molar-refractivity contribution is 6.41. The summed E-state index contributed by atoms with van der Waals surface area (Å²) in [4.78, 5) is 25.5. The van der Waals surface area contributed by atoms with E-state index in [1.165, 1.54) is 50.3 Å². The molecule has 38 heavy (non-hydrogen) atoms. The highest BCUT2D eigenvalue weighted by Crippen LogP contribution is 2.44. The highest BCUT2D eigenvalue weighted by atomic mass is 35.5. The number of halogens is 2. The lowest BCUT2D eigenvalue weighted by molar-refractivity contribution is 0.157. The second kappa shape index (κ2) is 12.5. The highest BCUT2D eigenvalue weighted by Gasteiger charge is 2.23. The molecule has 2 heterocycles. The predicted octanol–water partition coefficient (Wildman–Crippen LogP) is 6.76. The zero-order chi connectivity index (χ0) is 27.2. The summed E-state index contributed by atoms with van der Waals surface area (Å²) in [6.45, 7) is 4.42. The van der Waals surface area contributed by atoms with Crippen molar-refractivity contribution in [2.24, 2.45) is 0 Å². The number of nitrogens with zero attached hydrogens (tertiary/aromatic N) is 4. The molecule has 2 aromatic carbocycles. The predicted molar refractivity (Wildman–Crippen MR) is 153 cm³/mol. The molecule has 11 heteroatoms. The monoisotopic (exact) mass is 558 g/mol. The van der Waals surface area contributed by atoms with Crippen LogP contribution in [-0.4, -0.2) is 55.3 Å². The summed E-state index contributed by atoms with van der Waals surface area (Å²) >= 11 is 12.8. The molecule has 2 N–H and O–H groups in total. The Labute approximate surface area is 233 Å². The third-order valence-electron chi connectivity index (χ3n) is 6.69. The maximum absolute atomic E-state index is 13.1. The van der Waals surface area contributed by atoms with Crippen LogP contribution in [-0.2, 0) is 0 Å². The molecule has 0 aliphatic carbocycles. The lowest BCUT2D eigenvalue weighted by Gasteiger charge is -2.35. The molecule has 0 spiro atoms. The Hall–Kier alpha value is -3.27. The third kappa shape index (κ3) is 6.06. The Morgan fingerprint density at radius 2 is 1.76 bits per heavy atom. The number of hydrogen-bond donors (Lipinski definition) is 2. The molecule has 1 fully saturated rings. The van der Waals surface area contributed by atoms with Crippen LogP contribution in [0.15, 0.2) is 42.7 Å². The number of aromatic nitrogens is 2. The van der Waals surface area contributed by atoms with E-state index in [1.807, 2.05) is 0 Å². The molecule has 9 nitrogen and oxygen atoms in total. The molecule has 2 amide bonds. The van der Waals surface area contributed by atoms with Gasteiger partial charge < -0.3 is 20.1 Å². The molecule has 1 aliphatic rings. The second-order valence-electron chi connectivity index (χ2n) is 8.92. The number of carbonyl (C=O) groups is 1. The minimum Gasteiger partial charge on any atom is -0.495 e. The van der Waals surface area contributed by atoms with Crippen molar-refractivity contribution >= 4 is 52.2 Å². The van der Waals surface area contributed by atoms with E-state index in [1.54, 1.807) is 19.2 Å². The average molecular weight is 559 g/mol. The Morgan fingerprint density at radius 1 is 1.08 bits per heavy atom. The lowest BCUT2D eigenvalue weighted by Crippen LogP contribution is -2.33. The van der Waals surface area contributed by atoms with Gasteiger partial charge in [-0.15, -0.1) is 0 Å². The number of rotatable bonds is 8. The topological polar surface area (TPSA) is 91.9 Å². The standard InChI is InChI=1S/C27H32Cl2N6O3/c1-5-35-13-7-6-8-19(35)17-9-11-18(12-10-17)32-22-15-23(31-16-30-22)34(2)27(36)33-26-24(28)20(37-3)14-21(38-4)25(26)29/h9-12,14-16,19H,5-8,13H2,1-4H3,(H,33,36)(H,30,31,32). The van der Waals surface area contributed by atoms with Crippen LogP contribution in [0.1, 0.15) is 37.8 Å². The number of urea groups is 1. The molecule has 1 saturated heterocycles. The van der Waals surface area contributed by atoms with Crippen LogP contribution in [0, 0.1) is 0 Å². The smallest absolute Gasteiger partial charge is 0.327 e. The summed E-state index contributed by atoms with van der Waals surface area (Å²) < 4.78 is 10.5. The number of carbonyl (C=O) groups excluding carboxylic acids is 1. The molecule has 0 bridgehead atoms. The number of nitrogens with one attached hydrogen (secondary N) is 2. The van der Waals surface area contributed by atoms with E-state index in [0.717, 1.165) is 18.8 Å². The van der Waals surface area contributed by atoms with Crippen molar-refractivity contribution in [2.45, 2.75) is 32.2 Å². The average Bonchev–Trinajstić information content (AvgIpc) is 2.95. The molecular weight excluding hydrogens is 527 g/mol. The quantitative estimate of drug-likeness (QED) is 0.315. The number of amides is 2. The van der Waals surface area contributed by atoms with Gasteiger partial charge in [-0.25, -0.2) is 14.8 Å². The fourth-order valence-electron chi connectivity index (χ4n) is 4.57. The summed E-state index contributed by atoms with van der Waals surface area (Å²) in [5.41, 5.74) is 2.39. The van der Waals surface area contributed by atoms with Gasteiger partial charge in [0.25, 0.3) is 0 Å². The number of benzene rings is 2. The maximum Gasteiger partial charge on any atom is 0.327 e. The lowest BCUT2D eigenvalue weighted by atomic mass is 9.95. The summed E-state index contributed by atoms with van der Waals surface area (Å²) in [5, 5.41) is 6.33. The minimum atomic E-state index is -0.508. The van der Waals surface area contributed by atoms with Gasteiger partial charge in [0, 0.05) is 30.9 Å². The zero-order valence-corrected chi connectivity index (χ0v) is 23.4. The fourth-order valence-corrected chi connectivity index (χ4v) is 5.17. The second-order valence-corrected chi connectivity index (χ2v) is 9.68. The Kier molecular flexibility index (Phi) is 9.14. The largest absolute Gasteiger partial charge is 0.495 e. The molecule has 1 aromatic heterocycles. The van der Waals surface area contributed by atoms with Crippen LogP contribution in [0.5, 0.6) is 11.5 Å². The number of hydrogen-bond acceptors (Lipinski definition) is 7. The number of likely N-dealkylation sites (tertiary alicyclic amines) is 1. The van der Waals surface area contributed by atoms with Crippen LogP contribution in [0.25, 0.3) is 0 Å².